The van der Waals surface area contributed by atoms with Gasteiger partial charge in [-0.05, 0) is 48.0 Å². The number of methoxy groups -OCH3 is 3. The lowest BCUT2D eigenvalue weighted by Gasteiger charge is -2.11. The number of nitro benzene ring substituents is 1. The summed E-state index contributed by atoms with van der Waals surface area (Å²) in [6.07, 6.45) is 0. The molecular weight excluding hydrogens is 488 g/mol. The van der Waals surface area contributed by atoms with Gasteiger partial charge in [0.05, 0.1) is 44.2 Å². The third-order valence-electron chi connectivity index (χ3n) is 5.58. The molecule has 0 saturated heterocycles. The van der Waals surface area contributed by atoms with Gasteiger partial charge in [-0.15, -0.1) is 0 Å². The number of aromatic nitrogens is 2. The van der Waals surface area contributed by atoms with Crippen LogP contribution < -0.4 is 25.3 Å². The number of guanidine groups is 1. The Morgan fingerprint density at radius 1 is 0.895 bits per heavy atom. The summed E-state index contributed by atoms with van der Waals surface area (Å²) in [6.45, 7) is 0.273. The molecule has 3 aromatic carbocycles. The number of rotatable bonds is 9. The minimum Gasteiger partial charge on any atom is -0.497 e. The molecule has 11 nitrogen and oxygen atoms in total. The van der Waals surface area contributed by atoms with Crippen LogP contribution in [0.15, 0.2) is 77.8 Å². The molecule has 0 atom stereocenters. The Bertz CT molecular complexity index is 1470. The number of benzene rings is 3. The highest BCUT2D eigenvalue weighted by atomic mass is 16.6. The lowest BCUT2D eigenvalue weighted by atomic mass is 10.1. The van der Waals surface area contributed by atoms with E-state index in [4.69, 9.17) is 19.9 Å². The maximum Gasteiger partial charge on any atom is 0.270 e. The molecule has 0 radical (unpaired) electrons. The Balaban J connectivity index is 1.66. The van der Waals surface area contributed by atoms with Crippen molar-refractivity contribution in [1.82, 2.24) is 9.97 Å². The summed E-state index contributed by atoms with van der Waals surface area (Å²) < 4.78 is 15.8. The molecule has 0 aliphatic carbocycles. The number of hydrogen-bond donors (Lipinski definition) is 2. The number of hydrogen-bond acceptors (Lipinski definition) is 8. The van der Waals surface area contributed by atoms with Gasteiger partial charge in [0.1, 0.15) is 5.75 Å². The summed E-state index contributed by atoms with van der Waals surface area (Å²) in [5, 5.41) is 14.2. The molecule has 11 heteroatoms. The fraction of sp³-hybridized carbons (Fsp3) is 0.148. The average molecular weight is 515 g/mol. The normalized spacial score (nSPS) is 11.1. The summed E-state index contributed by atoms with van der Waals surface area (Å²) in [5.74, 6) is 2.18. The summed E-state index contributed by atoms with van der Waals surface area (Å²) in [4.78, 5) is 24.4. The van der Waals surface area contributed by atoms with Gasteiger partial charge in [-0.2, -0.15) is 0 Å². The van der Waals surface area contributed by atoms with Gasteiger partial charge in [0.2, 0.25) is 5.95 Å². The number of nitrogens with two attached hydrogens (primary N) is 1. The largest absolute Gasteiger partial charge is 0.497 e. The van der Waals surface area contributed by atoms with E-state index in [1.54, 1.807) is 45.6 Å². The lowest BCUT2D eigenvalue weighted by Crippen LogP contribution is -2.24. The maximum absolute atomic E-state index is 11.3. The van der Waals surface area contributed by atoms with E-state index in [9.17, 15) is 10.1 Å². The van der Waals surface area contributed by atoms with Crippen molar-refractivity contribution in [3.63, 3.8) is 0 Å². The van der Waals surface area contributed by atoms with E-state index < -0.39 is 4.92 Å². The van der Waals surface area contributed by atoms with Gasteiger partial charge in [-0.25, -0.2) is 15.0 Å². The van der Waals surface area contributed by atoms with E-state index >= 15 is 0 Å². The molecule has 1 aromatic heterocycles. The molecule has 3 N–H and O–H groups in total. The first kappa shape index (κ1) is 25.9. The SMILES string of the molecule is COc1ccc(-c2cc(-c3cccc([N+](=O)[O-])c3)nc(NC(N)=NCc3ccc(OC)c(OC)c3)n2)cc1. The van der Waals surface area contributed by atoms with Crippen LogP contribution in [-0.2, 0) is 6.54 Å². The zero-order valence-electron chi connectivity index (χ0n) is 21.0. The molecule has 4 aromatic rings. The van der Waals surface area contributed by atoms with Crippen LogP contribution in [0.25, 0.3) is 22.5 Å². The standard InChI is InChI=1S/C27H26N6O5/c1-36-21-10-8-18(9-11-21)22-15-23(19-5-4-6-20(14-19)33(34)35)31-27(30-22)32-26(28)29-16-17-7-12-24(37-2)25(13-17)38-3/h4-15H,16H2,1-3H3,(H3,28,29,30,31,32). The Hall–Kier alpha value is -5.19. The van der Waals surface area contributed by atoms with Crippen molar-refractivity contribution >= 4 is 17.6 Å². The minimum atomic E-state index is -0.451. The monoisotopic (exact) mass is 514 g/mol. The summed E-state index contributed by atoms with van der Waals surface area (Å²) in [5.41, 5.74) is 9.38. The number of aliphatic imine (C=N–C) groups is 1. The first-order valence-corrected chi connectivity index (χ1v) is 11.5. The molecule has 0 amide bonds. The zero-order valence-corrected chi connectivity index (χ0v) is 21.0. The molecular formula is C27H26N6O5. The number of non-ortho nitro benzene ring substituents is 1. The van der Waals surface area contributed by atoms with Crippen molar-refractivity contribution in [3.8, 4) is 39.8 Å². The zero-order chi connectivity index (χ0) is 27.1. The maximum atomic E-state index is 11.3. The van der Waals surface area contributed by atoms with E-state index in [0.29, 0.717) is 34.2 Å². The second kappa shape index (κ2) is 11.7. The Morgan fingerprint density at radius 3 is 2.26 bits per heavy atom. The smallest absolute Gasteiger partial charge is 0.270 e. The van der Waals surface area contributed by atoms with Crippen LogP contribution in [0.1, 0.15) is 5.56 Å². The van der Waals surface area contributed by atoms with Gasteiger partial charge in [0, 0.05) is 23.3 Å². The minimum absolute atomic E-state index is 0.0439. The number of anilines is 1. The molecule has 0 spiro atoms. The van der Waals surface area contributed by atoms with Crippen LogP contribution in [0.4, 0.5) is 11.6 Å². The summed E-state index contributed by atoms with van der Waals surface area (Å²) in [6, 6.07) is 20.8. The van der Waals surface area contributed by atoms with Gasteiger partial charge in [-0.3, -0.25) is 15.4 Å². The quantitative estimate of drug-likeness (QED) is 0.141. The molecule has 1 heterocycles. The Kier molecular flexibility index (Phi) is 7.97. The third-order valence-corrected chi connectivity index (χ3v) is 5.58. The topological polar surface area (TPSA) is 147 Å². The van der Waals surface area contributed by atoms with Gasteiger partial charge < -0.3 is 19.9 Å². The van der Waals surface area contributed by atoms with E-state index in [1.807, 2.05) is 36.4 Å². The van der Waals surface area contributed by atoms with Gasteiger partial charge >= 0.3 is 0 Å². The highest BCUT2D eigenvalue weighted by Gasteiger charge is 2.13. The van der Waals surface area contributed by atoms with Gasteiger partial charge in [0.25, 0.3) is 5.69 Å². The second-order valence-corrected chi connectivity index (χ2v) is 8.01. The van der Waals surface area contributed by atoms with Crippen molar-refractivity contribution < 1.29 is 19.1 Å². The molecule has 0 saturated carbocycles. The van der Waals surface area contributed by atoms with Crippen LogP contribution in [0.5, 0.6) is 17.2 Å². The highest BCUT2D eigenvalue weighted by Crippen LogP contribution is 2.29. The van der Waals surface area contributed by atoms with E-state index in [0.717, 1.165) is 11.1 Å². The number of nitro groups is 1. The second-order valence-electron chi connectivity index (χ2n) is 8.01. The van der Waals surface area contributed by atoms with Crippen molar-refractivity contribution in [1.29, 1.82) is 0 Å². The summed E-state index contributed by atoms with van der Waals surface area (Å²) in [7, 11) is 4.72. The molecule has 0 aliphatic rings. The van der Waals surface area contributed by atoms with E-state index in [2.05, 4.69) is 20.3 Å². The van der Waals surface area contributed by atoms with E-state index in [-0.39, 0.29) is 24.1 Å². The predicted octanol–water partition coefficient (Wildman–Crippen LogP) is 4.67. The lowest BCUT2D eigenvalue weighted by molar-refractivity contribution is -0.384. The molecule has 0 bridgehead atoms. The summed E-state index contributed by atoms with van der Waals surface area (Å²) >= 11 is 0. The first-order chi connectivity index (χ1) is 18.4. The number of nitrogens with one attached hydrogen (secondary N) is 1. The molecule has 4 rings (SSSR count). The number of nitrogens with zero attached hydrogens (tertiary/aromatic N) is 4. The average Bonchev–Trinajstić information content (AvgIpc) is 2.95. The predicted molar refractivity (Wildman–Crippen MR) is 145 cm³/mol. The Labute approximate surface area is 219 Å². The molecule has 0 fully saturated rings. The van der Waals surface area contributed by atoms with Crippen LogP contribution in [-0.4, -0.2) is 42.2 Å². The fourth-order valence-electron chi connectivity index (χ4n) is 3.65. The fourth-order valence-corrected chi connectivity index (χ4v) is 3.65. The van der Waals surface area contributed by atoms with E-state index in [1.165, 1.54) is 12.1 Å². The van der Waals surface area contributed by atoms with Crippen molar-refractivity contribution in [3.05, 3.63) is 88.5 Å². The Morgan fingerprint density at radius 2 is 1.61 bits per heavy atom. The molecule has 0 aliphatic heterocycles. The van der Waals surface area contributed by atoms with Crippen LogP contribution in [0.2, 0.25) is 0 Å². The van der Waals surface area contributed by atoms with Crippen molar-refractivity contribution in [2.24, 2.45) is 10.7 Å². The van der Waals surface area contributed by atoms with Crippen molar-refractivity contribution in [2.45, 2.75) is 6.54 Å². The van der Waals surface area contributed by atoms with Gasteiger partial charge in [-0.1, -0.05) is 18.2 Å². The number of ether oxygens (including phenoxy) is 3. The van der Waals surface area contributed by atoms with Crippen LogP contribution in [0.3, 0.4) is 0 Å². The molecule has 38 heavy (non-hydrogen) atoms. The molecule has 0 unspecified atom stereocenters. The molecule has 194 valence electrons. The highest BCUT2D eigenvalue weighted by molar-refractivity contribution is 5.91. The van der Waals surface area contributed by atoms with Gasteiger partial charge in [0.15, 0.2) is 17.5 Å². The van der Waals surface area contributed by atoms with Crippen LogP contribution >= 0.6 is 0 Å². The first-order valence-electron chi connectivity index (χ1n) is 11.5. The third kappa shape index (κ3) is 6.13. The van der Waals surface area contributed by atoms with Crippen LogP contribution in [0, 0.1) is 10.1 Å². The van der Waals surface area contributed by atoms with Crippen molar-refractivity contribution in [2.75, 3.05) is 26.6 Å².